The van der Waals surface area contributed by atoms with E-state index in [0.29, 0.717) is 43.2 Å². The van der Waals surface area contributed by atoms with Crippen LogP contribution in [-0.4, -0.2) is 42.5 Å². The first-order chi connectivity index (χ1) is 15.0. The highest BCUT2D eigenvalue weighted by Crippen LogP contribution is 2.41. The molecule has 31 heavy (non-hydrogen) atoms. The van der Waals surface area contributed by atoms with Gasteiger partial charge in [0.2, 0.25) is 5.91 Å². The van der Waals surface area contributed by atoms with Crippen molar-refractivity contribution >= 4 is 23.5 Å². The first kappa shape index (κ1) is 20.7. The molecule has 4 rings (SSSR count). The molecule has 162 valence electrons. The third-order valence-electron chi connectivity index (χ3n) is 5.56. The smallest absolute Gasteiger partial charge is 0.325 e. The van der Waals surface area contributed by atoms with Crippen molar-refractivity contribution in [2.75, 3.05) is 25.1 Å². The molecule has 8 nitrogen and oxygen atoms in total. The zero-order chi connectivity index (χ0) is 22.0. The van der Waals surface area contributed by atoms with Gasteiger partial charge in [0.1, 0.15) is 23.6 Å². The van der Waals surface area contributed by atoms with Gasteiger partial charge in [0, 0.05) is 6.07 Å². The van der Waals surface area contributed by atoms with Crippen molar-refractivity contribution in [3.8, 4) is 11.5 Å². The lowest BCUT2D eigenvalue weighted by molar-refractivity contribution is -0.134. The Morgan fingerprint density at radius 3 is 2.68 bits per heavy atom. The maximum Gasteiger partial charge on any atom is 0.325 e. The number of urea groups is 1. The molecule has 4 amide bonds. The van der Waals surface area contributed by atoms with E-state index < -0.39 is 23.4 Å². The molecule has 0 radical (unpaired) electrons. The number of fused-ring (bicyclic) bond motifs is 2. The molecule has 1 aliphatic heterocycles. The van der Waals surface area contributed by atoms with E-state index in [0.717, 1.165) is 16.0 Å². The lowest BCUT2D eigenvalue weighted by Gasteiger charge is -2.22. The van der Waals surface area contributed by atoms with Crippen molar-refractivity contribution < 1.29 is 23.9 Å². The van der Waals surface area contributed by atoms with Gasteiger partial charge in [-0.3, -0.25) is 14.5 Å². The van der Waals surface area contributed by atoms with E-state index in [-0.39, 0.29) is 6.54 Å². The molecule has 2 aromatic carbocycles. The molecule has 0 unspecified atom stereocenters. The van der Waals surface area contributed by atoms with Crippen molar-refractivity contribution in [3.05, 3.63) is 53.6 Å². The van der Waals surface area contributed by atoms with E-state index in [9.17, 15) is 14.4 Å². The molecule has 1 aliphatic carbocycles. The van der Waals surface area contributed by atoms with E-state index >= 15 is 0 Å². The average Bonchev–Trinajstić information content (AvgIpc) is 3.24. The molecule has 1 atom stereocenters. The summed E-state index contributed by atoms with van der Waals surface area (Å²) in [6.45, 7) is 4.22. The van der Waals surface area contributed by atoms with Crippen LogP contribution in [0.25, 0.3) is 0 Å². The maximum atomic E-state index is 13.2. The predicted molar refractivity (Wildman–Crippen MR) is 114 cm³/mol. The van der Waals surface area contributed by atoms with Gasteiger partial charge in [-0.2, -0.15) is 0 Å². The number of amides is 4. The Bertz CT molecular complexity index is 1040. The second-order valence-electron chi connectivity index (χ2n) is 7.46. The maximum absolute atomic E-state index is 13.2. The van der Waals surface area contributed by atoms with Crippen LogP contribution in [0.1, 0.15) is 31.4 Å². The Hall–Kier alpha value is -3.55. The van der Waals surface area contributed by atoms with E-state index in [4.69, 9.17) is 9.47 Å². The zero-order valence-electron chi connectivity index (χ0n) is 17.6. The Labute approximate surface area is 180 Å². The Kier molecular flexibility index (Phi) is 5.54. The Morgan fingerprint density at radius 1 is 1.13 bits per heavy atom. The number of carbonyl (C=O) groups excluding carboxylic acids is 3. The van der Waals surface area contributed by atoms with Crippen molar-refractivity contribution in [1.29, 1.82) is 0 Å². The monoisotopic (exact) mass is 423 g/mol. The van der Waals surface area contributed by atoms with Crippen molar-refractivity contribution in [1.82, 2.24) is 10.2 Å². The van der Waals surface area contributed by atoms with E-state index in [1.54, 1.807) is 18.2 Å². The fraction of sp³-hybridized carbons (Fsp3) is 0.348. The fourth-order valence-electron chi connectivity index (χ4n) is 4.21. The highest BCUT2D eigenvalue weighted by molar-refractivity contribution is 6.11. The van der Waals surface area contributed by atoms with Crippen LogP contribution in [0.15, 0.2) is 42.5 Å². The van der Waals surface area contributed by atoms with Crippen LogP contribution in [0.5, 0.6) is 11.5 Å². The zero-order valence-corrected chi connectivity index (χ0v) is 17.6. The molecular formula is C23H25N3O5. The molecule has 2 aliphatic rings. The molecule has 0 aromatic heterocycles. The molecular weight excluding hydrogens is 398 g/mol. The third-order valence-corrected chi connectivity index (χ3v) is 5.56. The summed E-state index contributed by atoms with van der Waals surface area (Å²) in [4.78, 5) is 39.6. The number of imide groups is 1. The van der Waals surface area contributed by atoms with E-state index in [2.05, 4.69) is 10.6 Å². The normalized spacial score (nSPS) is 19.4. The third kappa shape index (κ3) is 3.69. The Morgan fingerprint density at radius 2 is 1.90 bits per heavy atom. The predicted octanol–water partition coefficient (Wildman–Crippen LogP) is 2.82. The first-order valence-corrected chi connectivity index (χ1v) is 10.4. The summed E-state index contributed by atoms with van der Waals surface area (Å²) < 4.78 is 11.1. The largest absolute Gasteiger partial charge is 0.494 e. The summed E-state index contributed by atoms with van der Waals surface area (Å²) in [5.41, 5.74) is 1.18. The summed E-state index contributed by atoms with van der Waals surface area (Å²) >= 11 is 0. The standard InChI is InChI=1S/C23H25N3O5/c1-3-30-16-9-10-19(31-4-2)18(13-16)24-20(27)14-26-21(28)23(25-22(26)29)12-11-15-7-5-6-8-17(15)23/h5-10,13H,3-4,11-12,14H2,1-2H3,(H,24,27)(H,25,29)/t23-/m1/s1. The van der Waals surface area contributed by atoms with Gasteiger partial charge >= 0.3 is 6.03 Å². The lowest BCUT2D eigenvalue weighted by atomic mass is 9.92. The van der Waals surface area contributed by atoms with Crippen LogP contribution in [0.2, 0.25) is 0 Å². The number of nitrogens with one attached hydrogen (secondary N) is 2. The number of anilines is 1. The molecule has 2 aromatic rings. The second kappa shape index (κ2) is 8.29. The highest BCUT2D eigenvalue weighted by atomic mass is 16.5. The van der Waals surface area contributed by atoms with Gasteiger partial charge in [-0.25, -0.2) is 4.79 Å². The molecule has 0 bridgehead atoms. The van der Waals surface area contributed by atoms with Gasteiger partial charge in [0.05, 0.1) is 18.9 Å². The molecule has 1 saturated heterocycles. The van der Waals surface area contributed by atoms with Crippen LogP contribution in [0, 0.1) is 0 Å². The number of nitrogens with zero attached hydrogens (tertiary/aromatic N) is 1. The number of aryl methyl sites for hydroxylation is 1. The topological polar surface area (TPSA) is 97.0 Å². The molecule has 2 N–H and O–H groups in total. The quantitative estimate of drug-likeness (QED) is 0.668. The van der Waals surface area contributed by atoms with Crippen molar-refractivity contribution in [2.45, 2.75) is 32.2 Å². The van der Waals surface area contributed by atoms with Crippen LogP contribution in [-0.2, 0) is 21.5 Å². The average molecular weight is 423 g/mol. The summed E-state index contributed by atoms with van der Waals surface area (Å²) in [5.74, 6) is 0.169. The molecule has 1 spiro atoms. The summed E-state index contributed by atoms with van der Waals surface area (Å²) in [5, 5.41) is 5.57. The van der Waals surface area contributed by atoms with Crippen LogP contribution >= 0.6 is 0 Å². The number of hydrogen-bond donors (Lipinski definition) is 2. The number of hydrogen-bond acceptors (Lipinski definition) is 5. The number of carbonyl (C=O) groups is 3. The van der Waals surface area contributed by atoms with Crippen molar-refractivity contribution in [3.63, 3.8) is 0 Å². The van der Waals surface area contributed by atoms with Crippen molar-refractivity contribution in [2.24, 2.45) is 0 Å². The van der Waals surface area contributed by atoms with Gasteiger partial charge in [0.15, 0.2) is 0 Å². The minimum absolute atomic E-state index is 0.390. The van der Waals surface area contributed by atoms with Gasteiger partial charge in [-0.05, 0) is 49.9 Å². The van der Waals surface area contributed by atoms with Gasteiger partial charge < -0.3 is 20.1 Å². The van der Waals surface area contributed by atoms with Crippen LogP contribution in [0.4, 0.5) is 10.5 Å². The molecule has 8 heteroatoms. The van der Waals surface area contributed by atoms with Crippen LogP contribution < -0.4 is 20.1 Å². The highest BCUT2D eigenvalue weighted by Gasteiger charge is 2.55. The molecule has 1 heterocycles. The second-order valence-corrected chi connectivity index (χ2v) is 7.46. The van der Waals surface area contributed by atoms with E-state index in [1.165, 1.54) is 0 Å². The van der Waals surface area contributed by atoms with Gasteiger partial charge in [-0.15, -0.1) is 0 Å². The summed E-state index contributed by atoms with van der Waals surface area (Å²) in [7, 11) is 0. The minimum Gasteiger partial charge on any atom is -0.494 e. The number of benzene rings is 2. The molecule has 1 fully saturated rings. The minimum atomic E-state index is -1.08. The van der Waals surface area contributed by atoms with Gasteiger partial charge in [-0.1, -0.05) is 24.3 Å². The first-order valence-electron chi connectivity index (χ1n) is 10.4. The van der Waals surface area contributed by atoms with E-state index in [1.807, 2.05) is 38.1 Å². The van der Waals surface area contributed by atoms with Crippen LogP contribution in [0.3, 0.4) is 0 Å². The number of ether oxygens (including phenoxy) is 2. The van der Waals surface area contributed by atoms with Gasteiger partial charge in [0.25, 0.3) is 5.91 Å². The summed E-state index contributed by atoms with van der Waals surface area (Å²) in [6, 6.07) is 12.1. The molecule has 0 saturated carbocycles. The fourth-order valence-corrected chi connectivity index (χ4v) is 4.21. The SMILES string of the molecule is CCOc1ccc(OCC)c(NC(=O)CN2C(=O)N[C@@]3(CCc4ccccc43)C2=O)c1. The lowest BCUT2D eigenvalue weighted by Crippen LogP contribution is -2.43. The number of rotatable bonds is 7. The summed E-state index contributed by atoms with van der Waals surface area (Å²) in [6.07, 6.45) is 1.18. The Balaban J connectivity index is 1.52.